The van der Waals surface area contributed by atoms with Gasteiger partial charge in [0.1, 0.15) is 6.04 Å². The fraction of sp³-hybridized carbons (Fsp3) is 0.609. The number of likely N-dealkylation sites (tertiary alicyclic amines) is 3. The van der Waals surface area contributed by atoms with Crippen LogP contribution in [0.25, 0.3) is 0 Å². The highest BCUT2D eigenvalue weighted by Gasteiger charge is 2.51. The fourth-order valence-electron chi connectivity index (χ4n) is 5.28. The molecule has 3 aliphatic rings. The van der Waals surface area contributed by atoms with Gasteiger partial charge in [-0.25, -0.2) is 0 Å². The minimum Gasteiger partial charge on any atom is -0.330 e. The molecule has 0 unspecified atom stereocenters. The number of rotatable bonds is 5. The van der Waals surface area contributed by atoms with Gasteiger partial charge in [0, 0.05) is 31.6 Å². The summed E-state index contributed by atoms with van der Waals surface area (Å²) < 4.78 is 0. The third kappa shape index (κ3) is 3.53. The van der Waals surface area contributed by atoms with Crippen LogP contribution >= 0.6 is 0 Å². The average Bonchev–Trinajstić information content (AvgIpc) is 3.41. The van der Waals surface area contributed by atoms with E-state index in [0.29, 0.717) is 13.1 Å². The zero-order valence-electron chi connectivity index (χ0n) is 17.5. The summed E-state index contributed by atoms with van der Waals surface area (Å²) in [5.74, 6) is 0.0401. The molecule has 29 heavy (non-hydrogen) atoms. The lowest BCUT2D eigenvalue weighted by Crippen LogP contribution is -2.53. The van der Waals surface area contributed by atoms with E-state index in [1.54, 1.807) is 4.90 Å². The van der Waals surface area contributed by atoms with Crippen molar-refractivity contribution in [1.82, 2.24) is 14.7 Å². The number of carbonyl (C=O) groups is 2. The van der Waals surface area contributed by atoms with Crippen LogP contribution in [0.5, 0.6) is 0 Å². The minimum absolute atomic E-state index is 0.0501. The summed E-state index contributed by atoms with van der Waals surface area (Å²) in [7, 11) is 0. The minimum atomic E-state index is -0.285. The lowest BCUT2D eigenvalue weighted by Gasteiger charge is -2.38. The highest BCUT2D eigenvalue weighted by molar-refractivity contribution is 5.86. The lowest BCUT2D eigenvalue weighted by atomic mass is 10.0. The molecule has 0 N–H and O–H groups in total. The predicted molar refractivity (Wildman–Crippen MR) is 110 cm³/mol. The van der Waals surface area contributed by atoms with E-state index in [1.807, 2.05) is 11.8 Å². The third-order valence-electron chi connectivity index (χ3n) is 6.91. The summed E-state index contributed by atoms with van der Waals surface area (Å²) >= 11 is 0. The van der Waals surface area contributed by atoms with Gasteiger partial charge in [-0.05, 0) is 38.7 Å². The zero-order valence-corrected chi connectivity index (χ0v) is 17.5. The molecule has 154 valence electrons. The lowest BCUT2D eigenvalue weighted by molar-refractivity contribution is -0.142. The summed E-state index contributed by atoms with van der Waals surface area (Å²) in [5.41, 5.74) is 2.39. The van der Waals surface area contributed by atoms with Crippen LogP contribution in [0.15, 0.2) is 24.3 Å². The van der Waals surface area contributed by atoms with Gasteiger partial charge < -0.3 is 9.80 Å². The summed E-state index contributed by atoms with van der Waals surface area (Å²) in [5, 5.41) is 9.26. The normalized spacial score (nSPS) is 28.6. The summed E-state index contributed by atoms with van der Waals surface area (Å²) in [6.07, 6.45) is 2.52. The first-order valence-corrected chi connectivity index (χ1v) is 10.7. The first kappa shape index (κ1) is 19.9. The van der Waals surface area contributed by atoms with Crippen molar-refractivity contribution in [3.63, 3.8) is 0 Å². The maximum atomic E-state index is 13.1. The van der Waals surface area contributed by atoms with Crippen LogP contribution in [0.4, 0.5) is 0 Å². The summed E-state index contributed by atoms with van der Waals surface area (Å²) in [6.45, 7) is 8.19. The van der Waals surface area contributed by atoms with Crippen molar-refractivity contribution in [3.05, 3.63) is 35.4 Å². The molecule has 1 aromatic carbocycles. The van der Waals surface area contributed by atoms with Crippen molar-refractivity contribution in [3.8, 4) is 6.07 Å². The quantitative estimate of drug-likeness (QED) is 0.770. The monoisotopic (exact) mass is 394 g/mol. The van der Waals surface area contributed by atoms with Gasteiger partial charge in [-0.2, -0.15) is 5.26 Å². The van der Waals surface area contributed by atoms with Crippen molar-refractivity contribution >= 4 is 11.8 Å². The second-order valence-corrected chi connectivity index (χ2v) is 8.91. The molecule has 3 heterocycles. The maximum Gasteiger partial charge on any atom is 0.240 e. The maximum absolute atomic E-state index is 13.1. The van der Waals surface area contributed by atoms with Gasteiger partial charge in [0.15, 0.2) is 0 Å². The fourth-order valence-corrected chi connectivity index (χ4v) is 5.28. The van der Waals surface area contributed by atoms with E-state index in [9.17, 15) is 14.9 Å². The van der Waals surface area contributed by atoms with E-state index in [1.165, 1.54) is 11.1 Å². The molecule has 3 saturated heterocycles. The molecule has 0 saturated carbocycles. The molecule has 0 spiro atoms. The molecule has 4 rings (SSSR count). The molecule has 2 amide bonds. The van der Waals surface area contributed by atoms with E-state index in [4.69, 9.17) is 0 Å². The largest absolute Gasteiger partial charge is 0.330 e. The van der Waals surface area contributed by atoms with Gasteiger partial charge in [0.25, 0.3) is 0 Å². The zero-order chi connectivity index (χ0) is 20.7. The highest BCUT2D eigenvalue weighted by Crippen LogP contribution is 2.38. The first-order valence-electron chi connectivity index (χ1n) is 10.7. The Morgan fingerprint density at radius 2 is 2.00 bits per heavy atom. The standard InChI is InChI=1S/C23H30N4O2/c1-15-6-8-18(9-7-15)17(3)27-20-11-21(23(27)29)25(14-20)13-16(2)22(28)26-10-4-5-19(26)12-24/h6-9,16-17,19-21H,4-5,10-11,13-14H2,1-3H3/t16-,17+,19-,20-,21-/m0/s1. The Morgan fingerprint density at radius 3 is 2.66 bits per heavy atom. The summed E-state index contributed by atoms with van der Waals surface area (Å²) in [6, 6.07) is 10.5. The topological polar surface area (TPSA) is 67.7 Å². The molecule has 3 fully saturated rings. The number of aryl methyl sites for hydroxylation is 1. The molecule has 1 aromatic rings. The van der Waals surface area contributed by atoms with Crippen LogP contribution in [0, 0.1) is 24.2 Å². The Morgan fingerprint density at radius 1 is 1.28 bits per heavy atom. The Balaban J connectivity index is 1.39. The van der Waals surface area contributed by atoms with Crippen molar-refractivity contribution in [2.75, 3.05) is 19.6 Å². The molecule has 3 aliphatic heterocycles. The van der Waals surface area contributed by atoms with Crippen LogP contribution in [0.3, 0.4) is 0 Å². The van der Waals surface area contributed by atoms with Gasteiger partial charge in [0.05, 0.1) is 18.2 Å². The SMILES string of the molecule is Cc1ccc([C@@H](C)N2C(=O)[C@@H]3C[C@H]2CN3C[C@H](C)C(=O)N2CCC[C@H]2C#N)cc1. The van der Waals surface area contributed by atoms with Gasteiger partial charge >= 0.3 is 0 Å². The van der Waals surface area contributed by atoms with Crippen molar-refractivity contribution in [2.24, 2.45) is 5.92 Å². The van der Waals surface area contributed by atoms with Gasteiger partial charge in [-0.1, -0.05) is 36.8 Å². The smallest absolute Gasteiger partial charge is 0.240 e. The van der Waals surface area contributed by atoms with Crippen LogP contribution in [0.2, 0.25) is 0 Å². The number of fused-ring (bicyclic) bond motifs is 2. The number of hydrogen-bond donors (Lipinski definition) is 0. The van der Waals surface area contributed by atoms with E-state index in [-0.39, 0.29) is 41.9 Å². The van der Waals surface area contributed by atoms with Crippen molar-refractivity contribution < 1.29 is 9.59 Å². The van der Waals surface area contributed by atoms with Crippen molar-refractivity contribution in [1.29, 1.82) is 5.26 Å². The van der Waals surface area contributed by atoms with E-state index in [2.05, 4.69) is 49.1 Å². The second-order valence-electron chi connectivity index (χ2n) is 8.91. The molecule has 0 aromatic heterocycles. The highest BCUT2D eigenvalue weighted by atomic mass is 16.2. The molecule has 5 atom stereocenters. The molecule has 2 bridgehead atoms. The number of carbonyl (C=O) groups excluding carboxylic acids is 2. The molecular formula is C23H30N4O2. The number of amides is 2. The number of nitriles is 1. The van der Waals surface area contributed by atoms with E-state index < -0.39 is 0 Å². The van der Waals surface area contributed by atoms with E-state index in [0.717, 1.165) is 25.8 Å². The Kier molecular flexibility index (Phi) is 5.35. The number of nitrogens with zero attached hydrogens (tertiary/aromatic N) is 4. The van der Waals surface area contributed by atoms with Gasteiger partial charge in [-0.3, -0.25) is 14.5 Å². The van der Waals surface area contributed by atoms with Crippen LogP contribution < -0.4 is 0 Å². The molecule has 0 aliphatic carbocycles. The average molecular weight is 395 g/mol. The molecule has 6 nitrogen and oxygen atoms in total. The third-order valence-corrected chi connectivity index (χ3v) is 6.91. The van der Waals surface area contributed by atoms with Crippen molar-refractivity contribution in [2.45, 2.75) is 64.2 Å². The number of hydrogen-bond acceptors (Lipinski definition) is 4. The van der Waals surface area contributed by atoms with E-state index >= 15 is 0 Å². The van der Waals surface area contributed by atoms with Gasteiger partial charge in [-0.15, -0.1) is 0 Å². The molecule has 6 heteroatoms. The van der Waals surface area contributed by atoms with Crippen LogP contribution in [-0.2, 0) is 9.59 Å². The Labute approximate surface area is 173 Å². The summed E-state index contributed by atoms with van der Waals surface area (Å²) in [4.78, 5) is 31.9. The number of benzene rings is 1. The molecule has 0 radical (unpaired) electrons. The van der Waals surface area contributed by atoms with Crippen LogP contribution in [-0.4, -0.2) is 64.3 Å². The first-order chi connectivity index (χ1) is 13.9. The Hall–Kier alpha value is -2.39. The second kappa shape index (κ2) is 7.79. The Bertz CT molecular complexity index is 830. The van der Waals surface area contributed by atoms with Crippen LogP contribution in [0.1, 0.15) is 50.3 Å². The van der Waals surface area contributed by atoms with Gasteiger partial charge in [0.2, 0.25) is 11.8 Å². The molecular weight excluding hydrogens is 364 g/mol. The predicted octanol–water partition coefficient (Wildman–Crippen LogP) is 2.49. The number of piperazine rings is 1.